The molecule has 0 saturated heterocycles. The van der Waals surface area contributed by atoms with Gasteiger partial charge in [0, 0.05) is 5.39 Å². The lowest BCUT2D eigenvalue weighted by atomic mass is 10.1. The van der Waals surface area contributed by atoms with Crippen LogP contribution in [0, 0.1) is 0 Å². The number of nitrogens with one attached hydrogen (secondary N) is 2. The minimum absolute atomic E-state index is 0.198. The van der Waals surface area contributed by atoms with Crippen molar-refractivity contribution >= 4 is 22.6 Å². The fraction of sp³-hybridized carbons (Fsp3) is 0.182. The number of benzene rings is 3. The molecule has 0 spiro atoms. The summed E-state index contributed by atoms with van der Waals surface area (Å²) in [7, 11) is 0. The molecule has 0 saturated carbocycles. The number of hydrazine groups is 1. The smallest absolute Gasteiger partial charge is 0.276 e. The Bertz CT molecular complexity index is 949. The van der Waals surface area contributed by atoms with E-state index in [-0.39, 0.29) is 13.2 Å². The Balaban J connectivity index is 1.41. The van der Waals surface area contributed by atoms with Gasteiger partial charge in [-0.1, -0.05) is 55.5 Å². The van der Waals surface area contributed by atoms with E-state index in [9.17, 15) is 9.59 Å². The van der Waals surface area contributed by atoms with E-state index in [0.29, 0.717) is 11.5 Å². The standard InChI is InChI=1S/C22H22N2O4/c1-2-16-10-12-18(13-11-16)27-14-21(25)23-24-22(26)15-28-20-9-5-7-17-6-3-4-8-19(17)20/h3-13H,2,14-15H2,1H3,(H,23,25)(H,24,26). The lowest BCUT2D eigenvalue weighted by Crippen LogP contribution is -2.45. The van der Waals surface area contributed by atoms with Crippen LogP contribution in [0.3, 0.4) is 0 Å². The van der Waals surface area contributed by atoms with Gasteiger partial charge in [0.1, 0.15) is 11.5 Å². The number of hydrogen-bond donors (Lipinski definition) is 2. The highest BCUT2D eigenvalue weighted by Crippen LogP contribution is 2.24. The zero-order chi connectivity index (χ0) is 19.8. The summed E-state index contributed by atoms with van der Waals surface area (Å²) in [5.74, 6) is 0.281. The maximum absolute atomic E-state index is 11.9. The fourth-order valence-electron chi connectivity index (χ4n) is 2.65. The number of carbonyl (C=O) groups excluding carboxylic acids is 2. The van der Waals surface area contributed by atoms with Crippen LogP contribution in [-0.2, 0) is 16.0 Å². The third-order valence-electron chi connectivity index (χ3n) is 4.15. The molecule has 0 radical (unpaired) electrons. The molecule has 6 heteroatoms. The molecule has 0 atom stereocenters. The fourth-order valence-corrected chi connectivity index (χ4v) is 2.65. The number of aryl methyl sites for hydroxylation is 1. The van der Waals surface area contributed by atoms with Gasteiger partial charge in [-0.15, -0.1) is 0 Å². The summed E-state index contributed by atoms with van der Waals surface area (Å²) < 4.78 is 11.0. The molecule has 2 amide bonds. The van der Waals surface area contributed by atoms with E-state index in [1.807, 2.05) is 60.7 Å². The molecule has 0 fully saturated rings. The van der Waals surface area contributed by atoms with Crippen molar-refractivity contribution in [3.8, 4) is 11.5 Å². The first kappa shape index (κ1) is 19.2. The normalized spacial score (nSPS) is 10.3. The van der Waals surface area contributed by atoms with Crippen molar-refractivity contribution in [3.63, 3.8) is 0 Å². The SMILES string of the molecule is CCc1ccc(OCC(=O)NNC(=O)COc2cccc3ccccc23)cc1. The first-order chi connectivity index (χ1) is 13.7. The van der Waals surface area contributed by atoms with Crippen molar-refractivity contribution in [3.05, 3.63) is 72.3 Å². The number of amides is 2. The average molecular weight is 378 g/mol. The Labute approximate surface area is 163 Å². The van der Waals surface area contributed by atoms with Gasteiger partial charge in [0.15, 0.2) is 13.2 Å². The van der Waals surface area contributed by atoms with Crippen LogP contribution in [0.2, 0.25) is 0 Å². The first-order valence-electron chi connectivity index (χ1n) is 9.05. The molecule has 0 unspecified atom stereocenters. The van der Waals surface area contributed by atoms with Crippen molar-refractivity contribution in [2.75, 3.05) is 13.2 Å². The van der Waals surface area contributed by atoms with E-state index in [4.69, 9.17) is 9.47 Å². The molecule has 6 nitrogen and oxygen atoms in total. The summed E-state index contributed by atoms with van der Waals surface area (Å²) >= 11 is 0. The molecule has 3 aromatic rings. The monoisotopic (exact) mass is 378 g/mol. The van der Waals surface area contributed by atoms with Crippen LogP contribution in [-0.4, -0.2) is 25.0 Å². The molecule has 144 valence electrons. The number of ether oxygens (including phenoxy) is 2. The molecule has 28 heavy (non-hydrogen) atoms. The third kappa shape index (κ3) is 5.23. The van der Waals surface area contributed by atoms with Crippen LogP contribution in [0.5, 0.6) is 11.5 Å². The lowest BCUT2D eigenvalue weighted by molar-refractivity contribution is -0.130. The minimum atomic E-state index is -0.464. The largest absolute Gasteiger partial charge is 0.484 e. The average Bonchev–Trinajstić information content (AvgIpc) is 2.75. The van der Waals surface area contributed by atoms with Gasteiger partial charge in [-0.3, -0.25) is 20.4 Å². The van der Waals surface area contributed by atoms with Crippen molar-refractivity contribution in [2.45, 2.75) is 13.3 Å². The van der Waals surface area contributed by atoms with E-state index in [1.165, 1.54) is 5.56 Å². The summed E-state index contributed by atoms with van der Waals surface area (Å²) in [6.45, 7) is 1.65. The van der Waals surface area contributed by atoms with Crippen LogP contribution in [0.1, 0.15) is 12.5 Å². The van der Waals surface area contributed by atoms with E-state index in [2.05, 4.69) is 17.8 Å². The van der Waals surface area contributed by atoms with E-state index < -0.39 is 11.8 Å². The Hall–Kier alpha value is -3.54. The zero-order valence-corrected chi connectivity index (χ0v) is 15.6. The van der Waals surface area contributed by atoms with Crippen molar-refractivity contribution in [1.82, 2.24) is 10.9 Å². The highest BCUT2D eigenvalue weighted by atomic mass is 16.5. The molecular weight excluding hydrogens is 356 g/mol. The zero-order valence-electron chi connectivity index (χ0n) is 15.6. The summed E-state index contributed by atoms with van der Waals surface area (Å²) in [6.07, 6.45) is 0.938. The van der Waals surface area contributed by atoms with E-state index in [1.54, 1.807) is 6.07 Å². The highest BCUT2D eigenvalue weighted by Gasteiger charge is 2.08. The molecule has 2 N–H and O–H groups in total. The van der Waals surface area contributed by atoms with Crippen LogP contribution in [0.25, 0.3) is 10.8 Å². The van der Waals surface area contributed by atoms with Gasteiger partial charge < -0.3 is 9.47 Å². The van der Waals surface area contributed by atoms with E-state index >= 15 is 0 Å². The molecule has 0 aliphatic rings. The molecule has 0 heterocycles. The van der Waals surface area contributed by atoms with Crippen LogP contribution >= 0.6 is 0 Å². The molecule has 0 aromatic heterocycles. The predicted molar refractivity (Wildman–Crippen MR) is 107 cm³/mol. The number of carbonyl (C=O) groups is 2. The summed E-state index contributed by atoms with van der Waals surface area (Å²) in [5, 5.41) is 1.95. The van der Waals surface area contributed by atoms with Crippen molar-refractivity contribution < 1.29 is 19.1 Å². The number of hydrogen-bond acceptors (Lipinski definition) is 4. The third-order valence-corrected chi connectivity index (χ3v) is 4.15. The summed E-state index contributed by atoms with van der Waals surface area (Å²) in [5.41, 5.74) is 5.81. The number of rotatable bonds is 7. The van der Waals surface area contributed by atoms with Gasteiger partial charge in [0.25, 0.3) is 11.8 Å². The highest BCUT2D eigenvalue weighted by molar-refractivity contribution is 5.89. The molecule has 0 aliphatic heterocycles. The Morgan fingerprint density at radius 2 is 1.43 bits per heavy atom. The first-order valence-corrected chi connectivity index (χ1v) is 9.05. The Morgan fingerprint density at radius 3 is 2.14 bits per heavy atom. The topological polar surface area (TPSA) is 76.7 Å². The molecule has 0 bridgehead atoms. The quantitative estimate of drug-likeness (QED) is 0.620. The Morgan fingerprint density at radius 1 is 0.786 bits per heavy atom. The minimum Gasteiger partial charge on any atom is -0.484 e. The van der Waals surface area contributed by atoms with Crippen molar-refractivity contribution in [2.24, 2.45) is 0 Å². The maximum atomic E-state index is 11.9. The van der Waals surface area contributed by atoms with Gasteiger partial charge in [-0.2, -0.15) is 0 Å². The molecule has 0 aliphatic carbocycles. The van der Waals surface area contributed by atoms with Crippen LogP contribution in [0.15, 0.2) is 66.7 Å². The maximum Gasteiger partial charge on any atom is 0.276 e. The van der Waals surface area contributed by atoms with Crippen molar-refractivity contribution in [1.29, 1.82) is 0 Å². The summed E-state index contributed by atoms with van der Waals surface area (Å²) in [6, 6.07) is 20.9. The van der Waals surface area contributed by atoms with Gasteiger partial charge in [0.05, 0.1) is 0 Å². The second-order valence-corrected chi connectivity index (χ2v) is 6.15. The lowest BCUT2D eigenvalue weighted by Gasteiger charge is -2.11. The molecule has 3 aromatic carbocycles. The second kappa shape index (κ2) is 9.41. The summed E-state index contributed by atoms with van der Waals surface area (Å²) in [4.78, 5) is 23.7. The Kier molecular flexibility index (Phi) is 6.46. The number of fused-ring (bicyclic) bond motifs is 1. The van der Waals surface area contributed by atoms with Gasteiger partial charge >= 0.3 is 0 Å². The van der Waals surface area contributed by atoms with Crippen LogP contribution in [0.4, 0.5) is 0 Å². The predicted octanol–water partition coefficient (Wildman–Crippen LogP) is 3.01. The molecule has 3 rings (SSSR count). The van der Waals surface area contributed by atoms with Gasteiger partial charge in [0.2, 0.25) is 0 Å². The van der Waals surface area contributed by atoms with E-state index in [0.717, 1.165) is 17.2 Å². The van der Waals surface area contributed by atoms with Gasteiger partial charge in [-0.05, 0) is 35.6 Å². The second-order valence-electron chi connectivity index (χ2n) is 6.15. The van der Waals surface area contributed by atoms with Crippen LogP contribution < -0.4 is 20.3 Å². The molecular formula is C22H22N2O4. The van der Waals surface area contributed by atoms with Gasteiger partial charge in [-0.25, -0.2) is 0 Å².